The van der Waals surface area contributed by atoms with E-state index < -0.39 is 30.3 Å². The quantitative estimate of drug-likeness (QED) is 0.758. The largest absolute Gasteiger partial charge is 0.452 e. The van der Waals surface area contributed by atoms with Gasteiger partial charge in [-0.3, -0.25) is 4.98 Å². The van der Waals surface area contributed by atoms with Crippen LogP contribution >= 0.6 is 34.5 Å². The predicted molar refractivity (Wildman–Crippen MR) is 92.1 cm³/mol. The number of hydrogen-bond acceptors (Lipinski definition) is 5. The van der Waals surface area contributed by atoms with E-state index in [0.717, 1.165) is 4.88 Å². The Balaban J connectivity index is 2.02. The van der Waals surface area contributed by atoms with Gasteiger partial charge in [0.2, 0.25) is 0 Å². The van der Waals surface area contributed by atoms with Crippen LogP contribution in [0.1, 0.15) is 18.2 Å². The minimum Gasteiger partial charge on any atom is -0.452 e. The van der Waals surface area contributed by atoms with Crippen LogP contribution in [0, 0.1) is 0 Å². The van der Waals surface area contributed by atoms with Crippen molar-refractivity contribution in [3.05, 3.63) is 39.4 Å². The number of nitrogens with zero attached hydrogens (tertiary/aromatic N) is 2. The third kappa shape index (κ3) is 3.70. The summed E-state index contributed by atoms with van der Waals surface area (Å²) in [5.41, 5.74) is 4.96. The first kappa shape index (κ1) is 18.3. The zero-order valence-electron chi connectivity index (χ0n) is 12.8. The number of halogens is 5. The normalized spacial score (nSPS) is 23.9. The van der Waals surface area contributed by atoms with Crippen molar-refractivity contribution < 1.29 is 17.9 Å². The van der Waals surface area contributed by atoms with Crippen LogP contribution in [0.4, 0.5) is 13.2 Å². The number of amidine groups is 1. The molecule has 0 saturated heterocycles. The first-order chi connectivity index (χ1) is 11.6. The van der Waals surface area contributed by atoms with Gasteiger partial charge in [0.15, 0.2) is 6.10 Å². The molecule has 0 aliphatic carbocycles. The Kier molecular flexibility index (Phi) is 4.63. The van der Waals surface area contributed by atoms with Crippen molar-refractivity contribution in [2.75, 3.05) is 0 Å². The van der Waals surface area contributed by atoms with Crippen LogP contribution in [0.25, 0.3) is 10.4 Å². The van der Waals surface area contributed by atoms with Crippen LogP contribution in [-0.2, 0) is 10.3 Å². The van der Waals surface area contributed by atoms with Gasteiger partial charge in [0.05, 0.1) is 14.9 Å². The number of pyridine rings is 1. The van der Waals surface area contributed by atoms with Crippen LogP contribution in [0.2, 0.25) is 10.0 Å². The van der Waals surface area contributed by atoms with E-state index in [9.17, 15) is 13.2 Å². The number of ether oxygens (including phenoxy) is 1. The summed E-state index contributed by atoms with van der Waals surface area (Å²) in [5.74, 6) is 0. The van der Waals surface area contributed by atoms with E-state index in [1.165, 1.54) is 17.5 Å². The average molecular weight is 410 g/mol. The average Bonchev–Trinajstić information content (AvgIpc) is 2.88. The topological polar surface area (TPSA) is 60.5 Å². The molecular formula is C15H12Cl2F3N3OS. The maximum absolute atomic E-state index is 13.1. The maximum atomic E-state index is 13.1. The van der Waals surface area contributed by atoms with Gasteiger partial charge in [-0.05, 0) is 19.1 Å². The van der Waals surface area contributed by atoms with Crippen LogP contribution in [0.3, 0.4) is 0 Å². The lowest BCUT2D eigenvalue weighted by molar-refractivity contribution is -0.208. The molecule has 1 aliphatic heterocycles. The standard InChI is InChI=1S/C15H12Cl2F3N3OS/c1-14(4-11(15(18,19)20)24-13(21)23-14)12-9(17)3-10(25-12)7-2-8(16)6-22-5-7/h2-3,5-6,11H,4H2,1H3,(H2,21,23)/t11-,14-/m0/s1. The van der Waals surface area contributed by atoms with Crippen LogP contribution in [0.5, 0.6) is 0 Å². The molecule has 0 bridgehead atoms. The molecule has 0 aromatic carbocycles. The maximum Gasteiger partial charge on any atom is 0.425 e. The molecule has 0 spiro atoms. The van der Waals surface area contributed by atoms with Crippen molar-refractivity contribution in [2.24, 2.45) is 10.7 Å². The molecule has 2 aromatic heterocycles. The summed E-state index contributed by atoms with van der Waals surface area (Å²) in [6, 6.07) is 2.85. The summed E-state index contributed by atoms with van der Waals surface area (Å²) in [5, 5.41) is 0.752. The van der Waals surface area contributed by atoms with Crippen LogP contribution in [-0.4, -0.2) is 23.3 Å². The fraction of sp³-hybridized carbons (Fsp3) is 0.333. The smallest absolute Gasteiger partial charge is 0.425 e. The predicted octanol–water partition coefficient (Wildman–Crippen LogP) is 5.00. The second-order valence-corrected chi connectivity index (χ2v) is 7.65. The van der Waals surface area contributed by atoms with E-state index in [0.29, 0.717) is 20.5 Å². The molecule has 3 rings (SSSR count). The Morgan fingerprint density at radius 2 is 2.04 bits per heavy atom. The molecule has 1 aliphatic rings. The summed E-state index contributed by atoms with van der Waals surface area (Å²) in [6.45, 7) is 1.55. The molecule has 134 valence electrons. The van der Waals surface area contributed by atoms with Gasteiger partial charge in [-0.15, -0.1) is 11.3 Å². The van der Waals surface area contributed by atoms with Gasteiger partial charge >= 0.3 is 6.18 Å². The lowest BCUT2D eigenvalue weighted by Crippen LogP contribution is -2.45. The summed E-state index contributed by atoms with van der Waals surface area (Å²) < 4.78 is 44.0. The van der Waals surface area contributed by atoms with E-state index in [-0.39, 0.29) is 0 Å². The van der Waals surface area contributed by atoms with Gasteiger partial charge in [-0.1, -0.05) is 23.2 Å². The van der Waals surface area contributed by atoms with Crippen molar-refractivity contribution in [2.45, 2.75) is 31.2 Å². The first-order valence-corrected chi connectivity index (χ1v) is 8.65. The number of rotatable bonds is 2. The zero-order valence-corrected chi connectivity index (χ0v) is 15.1. The van der Waals surface area contributed by atoms with E-state index in [1.807, 2.05) is 0 Å². The highest BCUT2D eigenvalue weighted by Crippen LogP contribution is 2.47. The van der Waals surface area contributed by atoms with E-state index >= 15 is 0 Å². The molecule has 0 amide bonds. The Morgan fingerprint density at radius 1 is 1.32 bits per heavy atom. The van der Waals surface area contributed by atoms with Crippen molar-refractivity contribution in [3.8, 4) is 10.4 Å². The minimum atomic E-state index is -4.55. The Morgan fingerprint density at radius 3 is 2.68 bits per heavy atom. The molecule has 10 heteroatoms. The molecule has 4 nitrogen and oxygen atoms in total. The van der Waals surface area contributed by atoms with E-state index in [4.69, 9.17) is 28.9 Å². The SMILES string of the molecule is C[C@@]1(c2sc(-c3cncc(Cl)c3)cc2Cl)C[C@@H](C(F)(F)F)OC(N)=N1. The lowest BCUT2D eigenvalue weighted by atomic mass is 9.92. The van der Waals surface area contributed by atoms with Crippen molar-refractivity contribution in [1.29, 1.82) is 0 Å². The van der Waals surface area contributed by atoms with Crippen LogP contribution < -0.4 is 5.73 Å². The molecule has 0 radical (unpaired) electrons. The highest BCUT2D eigenvalue weighted by atomic mass is 35.5. The Bertz CT molecular complexity index is 840. The molecule has 2 atom stereocenters. The molecule has 2 aromatic rings. The summed E-state index contributed by atoms with van der Waals surface area (Å²) >= 11 is 13.5. The lowest BCUT2D eigenvalue weighted by Gasteiger charge is -2.35. The second-order valence-electron chi connectivity index (χ2n) is 5.76. The van der Waals surface area contributed by atoms with Gasteiger partial charge in [0.25, 0.3) is 6.02 Å². The third-order valence-corrected chi connectivity index (χ3v) is 5.79. The highest BCUT2D eigenvalue weighted by molar-refractivity contribution is 7.16. The summed E-state index contributed by atoms with van der Waals surface area (Å²) in [4.78, 5) is 9.29. The van der Waals surface area contributed by atoms with Crippen LogP contribution in [0.15, 0.2) is 29.5 Å². The number of alkyl halides is 3. The first-order valence-electron chi connectivity index (χ1n) is 7.08. The Labute approximate surface area is 155 Å². The van der Waals surface area contributed by atoms with Gasteiger partial charge < -0.3 is 10.5 Å². The van der Waals surface area contributed by atoms with Crippen molar-refractivity contribution >= 4 is 40.6 Å². The number of aliphatic imine (C=N–C) groups is 1. The van der Waals surface area contributed by atoms with Gasteiger partial charge in [0, 0.05) is 29.3 Å². The monoisotopic (exact) mass is 409 g/mol. The zero-order chi connectivity index (χ0) is 18.4. The van der Waals surface area contributed by atoms with Gasteiger partial charge in [-0.2, -0.15) is 13.2 Å². The minimum absolute atomic E-state index is 0.307. The Hall–Kier alpha value is -1.51. The summed E-state index contributed by atoms with van der Waals surface area (Å²) in [7, 11) is 0. The van der Waals surface area contributed by atoms with Gasteiger partial charge in [-0.25, -0.2) is 4.99 Å². The van der Waals surface area contributed by atoms with Crippen molar-refractivity contribution in [3.63, 3.8) is 0 Å². The molecule has 0 saturated carbocycles. The molecular weight excluding hydrogens is 398 g/mol. The molecule has 3 heterocycles. The molecule has 2 N–H and O–H groups in total. The number of nitrogens with two attached hydrogens (primary N) is 1. The fourth-order valence-corrected chi connectivity index (χ4v) is 4.41. The number of thiophene rings is 1. The van der Waals surface area contributed by atoms with Gasteiger partial charge in [0.1, 0.15) is 5.54 Å². The molecule has 0 unspecified atom stereocenters. The molecule has 25 heavy (non-hydrogen) atoms. The summed E-state index contributed by atoms with van der Waals surface area (Å²) in [6.07, 6.45) is -3.92. The number of aromatic nitrogens is 1. The van der Waals surface area contributed by atoms with Crippen molar-refractivity contribution in [1.82, 2.24) is 4.98 Å². The molecule has 0 fully saturated rings. The van der Waals surface area contributed by atoms with E-state index in [1.54, 1.807) is 25.3 Å². The third-order valence-electron chi connectivity index (χ3n) is 3.73. The highest BCUT2D eigenvalue weighted by Gasteiger charge is 2.50. The fourth-order valence-electron chi connectivity index (χ4n) is 2.61. The number of hydrogen-bond donors (Lipinski definition) is 1. The van der Waals surface area contributed by atoms with E-state index in [2.05, 4.69) is 14.7 Å². The second kappa shape index (κ2) is 6.34.